The summed E-state index contributed by atoms with van der Waals surface area (Å²) < 4.78 is 1.90. The second-order valence-electron chi connectivity index (χ2n) is 6.41. The summed E-state index contributed by atoms with van der Waals surface area (Å²) in [7, 11) is 0. The van der Waals surface area contributed by atoms with Crippen molar-refractivity contribution in [2.45, 2.75) is 51.6 Å². The average Bonchev–Trinajstić information content (AvgIpc) is 3.15. The van der Waals surface area contributed by atoms with Crippen molar-refractivity contribution >= 4 is 5.69 Å². The maximum absolute atomic E-state index is 4.28. The summed E-state index contributed by atoms with van der Waals surface area (Å²) >= 11 is 0. The minimum atomic E-state index is 0.680. The first kappa shape index (κ1) is 16.1. The zero-order chi connectivity index (χ0) is 16.1. The predicted molar refractivity (Wildman–Crippen MR) is 96.3 cm³/mol. The van der Waals surface area contributed by atoms with E-state index in [1.54, 1.807) is 0 Å². The Labute approximate surface area is 139 Å². The van der Waals surface area contributed by atoms with Crippen LogP contribution in [0.25, 0.3) is 5.69 Å². The van der Waals surface area contributed by atoms with Gasteiger partial charge < -0.3 is 10.2 Å². The molecule has 4 nitrogen and oxygen atoms in total. The lowest BCUT2D eigenvalue weighted by molar-refractivity contribution is 0.354. The van der Waals surface area contributed by atoms with Crippen LogP contribution in [0, 0.1) is 0 Å². The van der Waals surface area contributed by atoms with E-state index in [0.29, 0.717) is 12.1 Å². The molecule has 0 aliphatic carbocycles. The van der Waals surface area contributed by atoms with Gasteiger partial charge >= 0.3 is 0 Å². The van der Waals surface area contributed by atoms with Crippen LogP contribution in [0.4, 0.5) is 5.69 Å². The molecule has 1 fully saturated rings. The van der Waals surface area contributed by atoms with E-state index >= 15 is 0 Å². The molecule has 0 spiro atoms. The van der Waals surface area contributed by atoms with E-state index in [0.717, 1.165) is 18.8 Å². The van der Waals surface area contributed by atoms with Crippen LogP contribution < -0.4 is 10.2 Å². The summed E-state index contributed by atoms with van der Waals surface area (Å²) in [6.45, 7) is 6.83. The Bertz CT molecular complexity index is 564. The van der Waals surface area contributed by atoms with Crippen LogP contribution >= 0.6 is 0 Å². The zero-order valence-corrected chi connectivity index (χ0v) is 14.3. The molecule has 1 N–H and O–H groups in total. The van der Waals surface area contributed by atoms with Crippen molar-refractivity contribution in [3.63, 3.8) is 0 Å². The van der Waals surface area contributed by atoms with Gasteiger partial charge in [0.15, 0.2) is 0 Å². The van der Waals surface area contributed by atoms with Crippen molar-refractivity contribution in [1.82, 2.24) is 15.1 Å². The molecular formula is C19H28N4. The topological polar surface area (TPSA) is 33.1 Å². The SMILES string of the molecule is CCC(CC)NC1CCN(c2ccc(-n3cccn3)cc2)CC1. The number of nitrogens with zero attached hydrogens (tertiary/aromatic N) is 3. The molecule has 0 radical (unpaired) electrons. The Morgan fingerprint density at radius 1 is 1.09 bits per heavy atom. The number of anilines is 1. The molecule has 2 aromatic rings. The molecule has 0 amide bonds. The van der Waals surface area contributed by atoms with E-state index in [1.807, 2.05) is 23.1 Å². The van der Waals surface area contributed by atoms with Gasteiger partial charge in [0.05, 0.1) is 5.69 Å². The molecule has 0 atom stereocenters. The molecule has 1 aromatic carbocycles. The van der Waals surface area contributed by atoms with Gasteiger partial charge in [-0.3, -0.25) is 0 Å². The van der Waals surface area contributed by atoms with Crippen LogP contribution in [0.15, 0.2) is 42.7 Å². The fourth-order valence-corrected chi connectivity index (χ4v) is 3.40. The van der Waals surface area contributed by atoms with Crippen LogP contribution in [0.2, 0.25) is 0 Å². The third-order valence-electron chi connectivity index (χ3n) is 4.94. The maximum atomic E-state index is 4.28. The van der Waals surface area contributed by atoms with Crippen molar-refractivity contribution in [1.29, 1.82) is 0 Å². The fraction of sp³-hybridized carbons (Fsp3) is 0.526. The highest BCUT2D eigenvalue weighted by atomic mass is 15.3. The molecule has 1 aliphatic rings. The van der Waals surface area contributed by atoms with Crippen molar-refractivity contribution in [3.8, 4) is 5.69 Å². The Hall–Kier alpha value is -1.81. The first-order chi connectivity index (χ1) is 11.3. The third kappa shape index (κ3) is 3.94. The zero-order valence-electron chi connectivity index (χ0n) is 14.3. The highest BCUT2D eigenvalue weighted by Crippen LogP contribution is 2.22. The fourth-order valence-electron chi connectivity index (χ4n) is 3.40. The number of rotatable bonds is 6. The van der Waals surface area contributed by atoms with E-state index in [2.05, 4.69) is 53.4 Å². The monoisotopic (exact) mass is 312 g/mol. The molecule has 2 heterocycles. The van der Waals surface area contributed by atoms with E-state index in [1.165, 1.54) is 31.4 Å². The van der Waals surface area contributed by atoms with Gasteiger partial charge in [0, 0.05) is 43.3 Å². The second kappa shape index (κ2) is 7.64. The molecule has 0 bridgehead atoms. The number of benzene rings is 1. The van der Waals surface area contributed by atoms with Gasteiger partial charge in [-0.15, -0.1) is 0 Å². The van der Waals surface area contributed by atoms with Gasteiger partial charge in [0.2, 0.25) is 0 Å². The Balaban J connectivity index is 1.55. The van der Waals surface area contributed by atoms with Gasteiger partial charge in [-0.25, -0.2) is 4.68 Å². The van der Waals surface area contributed by atoms with Gasteiger partial charge in [-0.05, 0) is 56.0 Å². The lowest BCUT2D eigenvalue weighted by atomic mass is 10.0. The summed E-state index contributed by atoms with van der Waals surface area (Å²) in [4.78, 5) is 2.50. The lowest BCUT2D eigenvalue weighted by Crippen LogP contribution is -2.46. The normalized spacial score (nSPS) is 16.2. The Kier molecular flexibility index (Phi) is 5.34. The largest absolute Gasteiger partial charge is 0.371 e. The number of hydrogen-bond acceptors (Lipinski definition) is 3. The summed E-state index contributed by atoms with van der Waals surface area (Å²) in [5.41, 5.74) is 2.44. The molecule has 3 rings (SSSR count). The molecule has 4 heteroatoms. The van der Waals surface area contributed by atoms with Crippen molar-refractivity contribution in [2.75, 3.05) is 18.0 Å². The number of piperidine rings is 1. The Morgan fingerprint density at radius 2 is 1.74 bits per heavy atom. The molecule has 0 unspecified atom stereocenters. The van der Waals surface area contributed by atoms with Crippen LogP contribution in [-0.4, -0.2) is 35.0 Å². The van der Waals surface area contributed by atoms with Gasteiger partial charge in [-0.1, -0.05) is 13.8 Å². The van der Waals surface area contributed by atoms with Crippen LogP contribution in [0.1, 0.15) is 39.5 Å². The average molecular weight is 312 g/mol. The van der Waals surface area contributed by atoms with E-state index < -0.39 is 0 Å². The quantitative estimate of drug-likeness (QED) is 0.884. The number of aromatic nitrogens is 2. The van der Waals surface area contributed by atoms with Gasteiger partial charge in [0.1, 0.15) is 0 Å². The van der Waals surface area contributed by atoms with Crippen molar-refractivity contribution in [3.05, 3.63) is 42.7 Å². The number of nitrogens with one attached hydrogen (secondary N) is 1. The molecular weight excluding hydrogens is 284 g/mol. The summed E-state index contributed by atoms with van der Waals surface area (Å²) in [6, 6.07) is 12.0. The molecule has 1 aromatic heterocycles. The summed E-state index contributed by atoms with van der Waals surface area (Å²) in [5, 5.41) is 8.09. The smallest absolute Gasteiger partial charge is 0.0647 e. The highest BCUT2D eigenvalue weighted by molar-refractivity contribution is 5.51. The molecule has 0 saturated carbocycles. The summed E-state index contributed by atoms with van der Waals surface area (Å²) in [6.07, 6.45) is 8.71. The molecule has 23 heavy (non-hydrogen) atoms. The van der Waals surface area contributed by atoms with Crippen molar-refractivity contribution in [2.24, 2.45) is 0 Å². The lowest BCUT2D eigenvalue weighted by Gasteiger charge is -2.35. The van der Waals surface area contributed by atoms with Crippen LogP contribution in [0.3, 0.4) is 0 Å². The first-order valence-electron chi connectivity index (χ1n) is 8.91. The van der Waals surface area contributed by atoms with E-state index in [-0.39, 0.29) is 0 Å². The van der Waals surface area contributed by atoms with Gasteiger partial charge in [0.25, 0.3) is 0 Å². The Morgan fingerprint density at radius 3 is 2.30 bits per heavy atom. The minimum Gasteiger partial charge on any atom is -0.371 e. The maximum Gasteiger partial charge on any atom is 0.0647 e. The minimum absolute atomic E-state index is 0.680. The third-order valence-corrected chi connectivity index (χ3v) is 4.94. The molecule has 124 valence electrons. The molecule has 1 aliphatic heterocycles. The molecule has 1 saturated heterocycles. The van der Waals surface area contributed by atoms with Crippen molar-refractivity contribution < 1.29 is 0 Å². The highest BCUT2D eigenvalue weighted by Gasteiger charge is 2.20. The second-order valence-corrected chi connectivity index (χ2v) is 6.41. The van der Waals surface area contributed by atoms with Crippen LogP contribution in [-0.2, 0) is 0 Å². The predicted octanol–water partition coefficient (Wildman–Crippen LogP) is 3.62. The van der Waals surface area contributed by atoms with E-state index in [9.17, 15) is 0 Å². The van der Waals surface area contributed by atoms with Crippen LogP contribution in [0.5, 0.6) is 0 Å². The standard InChI is InChI=1S/C19H28N4/c1-3-16(4-2)21-17-10-14-22(15-11-17)18-6-8-19(9-7-18)23-13-5-12-20-23/h5-9,12-13,16-17,21H,3-4,10-11,14-15H2,1-2H3. The first-order valence-corrected chi connectivity index (χ1v) is 8.91. The summed E-state index contributed by atoms with van der Waals surface area (Å²) in [5.74, 6) is 0. The number of hydrogen-bond donors (Lipinski definition) is 1. The van der Waals surface area contributed by atoms with Gasteiger partial charge in [-0.2, -0.15) is 5.10 Å². The van der Waals surface area contributed by atoms with E-state index in [4.69, 9.17) is 0 Å².